The topological polar surface area (TPSA) is 59.1 Å². The van der Waals surface area contributed by atoms with Crippen LogP contribution in [0.1, 0.15) is 25.7 Å². The molecular weight excluding hydrogens is 236 g/mol. The van der Waals surface area contributed by atoms with E-state index >= 15 is 0 Å². The van der Waals surface area contributed by atoms with Crippen molar-refractivity contribution < 1.29 is 19.3 Å². The van der Waals surface area contributed by atoms with Crippen molar-refractivity contribution in [1.82, 2.24) is 10.1 Å². The highest BCUT2D eigenvalue weighted by Gasteiger charge is 2.34. The van der Waals surface area contributed by atoms with E-state index in [1.54, 1.807) is 14.1 Å². The monoisotopic (exact) mass is 258 g/mol. The van der Waals surface area contributed by atoms with Gasteiger partial charge in [-0.25, -0.2) is 10.1 Å². The van der Waals surface area contributed by atoms with Crippen molar-refractivity contribution in [2.45, 2.75) is 25.7 Å². The zero-order valence-corrected chi connectivity index (χ0v) is 11.5. The van der Waals surface area contributed by atoms with Gasteiger partial charge in [-0.05, 0) is 19.3 Å². The fourth-order valence-corrected chi connectivity index (χ4v) is 2.33. The van der Waals surface area contributed by atoms with Crippen LogP contribution in [0, 0.1) is 11.8 Å². The predicted molar refractivity (Wildman–Crippen MR) is 65.0 cm³/mol. The quantitative estimate of drug-likeness (QED) is 0.701. The van der Waals surface area contributed by atoms with Gasteiger partial charge in [0.05, 0.1) is 14.2 Å². The third-order valence-corrected chi connectivity index (χ3v) is 3.54. The van der Waals surface area contributed by atoms with Crippen LogP contribution < -0.4 is 0 Å². The highest BCUT2D eigenvalue weighted by molar-refractivity contribution is 5.81. The molecule has 1 fully saturated rings. The van der Waals surface area contributed by atoms with E-state index in [4.69, 9.17) is 9.68 Å². The number of carbonyl (C=O) groups is 2. The van der Waals surface area contributed by atoms with Gasteiger partial charge in [0.15, 0.2) is 0 Å². The van der Waals surface area contributed by atoms with Gasteiger partial charge in [-0.1, -0.05) is 6.42 Å². The van der Waals surface area contributed by atoms with Gasteiger partial charge in [0, 0.05) is 25.9 Å². The van der Waals surface area contributed by atoms with Crippen molar-refractivity contribution in [3.8, 4) is 0 Å². The summed E-state index contributed by atoms with van der Waals surface area (Å²) in [6.45, 7) is 0. The molecule has 1 rings (SSSR count). The Bertz CT molecular complexity index is 280. The summed E-state index contributed by atoms with van der Waals surface area (Å²) < 4.78 is 0. The average molecular weight is 258 g/mol. The molecule has 2 atom stereocenters. The lowest BCUT2D eigenvalue weighted by Crippen LogP contribution is -2.39. The lowest BCUT2D eigenvalue weighted by molar-refractivity contribution is -0.180. The fourth-order valence-electron chi connectivity index (χ4n) is 2.33. The van der Waals surface area contributed by atoms with Gasteiger partial charge in [-0.3, -0.25) is 19.3 Å². The van der Waals surface area contributed by atoms with Crippen LogP contribution in [0.3, 0.4) is 0 Å². The minimum Gasteiger partial charge on any atom is -0.275 e. The van der Waals surface area contributed by atoms with Crippen LogP contribution in [0.2, 0.25) is 0 Å². The first-order valence-corrected chi connectivity index (χ1v) is 6.14. The molecule has 0 aromatic rings. The smallest absolute Gasteiger partial charge is 0.248 e. The van der Waals surface area contributed by atoms with E-state index < -0.39 is 0 Å². The molecular formula is C12H22N2O4. The largest absolute Gasteiger partial charge is 0.275 e. The van der Waals surface area contributed by atoms with E-state index in [0.717, 1.165) is 19.3 Å². The summed E-state index contributed by atoms with van der Waals surface area (Å²) in [4.78, 5) is 33.7. The molecule has 0 saturated heterocycles. The Morgan fingerprint density at radius 1 is 0.944 bits per heavy atom. The summed E-state index contributed by atoms with van der Waals surface area (Å²) in [5, 5.41) is 2.47. The highest BCUT2D eigenvalue weighted by Crippen LogP contribution is 2.31. The second kappa shape index (κ2) is 6.70. The number of nitrogens with zero attached hydrogens (tertiary/aromatic N) is 2. The predicted octanol–water partition coefficient (Wildman–Crippen LogP) is 0.832. The molecule has 18 heavy (non-hydrogen) atoms. The summed E-state index contributed by atoms with van der Waals surface area (Å²) in [5.41, 5.74) is 0. The first-order chi connectivity index (χ1) is 8.51. The number of hydrogen-bond acceptors (Lipinski definition) is 4. The Hall–Kier alpha value is -1.14. The number of hydrogen-bond donors (Lipinski definition) is 0. The van der Waals surface area contributed by atoms with Crippen LogP contribution in [0.4, 0.5) is 0 Å². The Morgan fingerprint density at radius 3 is 1.67 bits per heavy atom. The molecule has 6 heteroatoms. The summed E-state index contributed by atoms with van der Waals surface area (Å²) >= 11 is 0. The Labute approximate surface area is 108 Å². The van der Waals surface area contributed by atoms with Crippen LogP contribution in [-0.2, 0) is 19.3 Å². The molecule has 1 aliphatic rings. The Morgan fingerprint density at radius 2 is 1.33 bits per heavy atom. The second-order valence-corrected chi connectivity index (χ2v) is 4.60. The van der Waals surface area contributed by atoms with Gasteiger partial charge >= 0.3 is 0 Å². The molecule has 0 N–H and O–H groups in total. The van der Waals surface area contributed by atoms with Crippen molar-refractivity contribution in [3.05, 3.63) is 0 Å². The lowest BCUT2D eigenvalue weighted by Gasteiger charge is -2.31. The van der Waals surface area contributed by atoms with Gasteiger partial charge in [0.1, 0.15) is 0 Å². The number of amides is 2. The van der Waals surface area contributed by atoms with Crippen molar-refractivity contribution in [1.29, 1.82) is 0 Å². The van der Waals surface area contributed by atoms with E-state index in [0.29, 0.717) is 6.42 Å². The first kappa shape index (κ1) is 14.9. The average Bonchev–Trinajstić information content (AvgIpc) is 2.43. The van der Waals surface area contributed by atoms with Crippen LogP contribution >= 0.6 is 0 Å². The minimum atomic E-state index is -0.136. The maximum atomic E-state index is 12.0. The van der Waals surface area contributed by atoms with Gasteiger partial charge in [-0.15, -0.1) is 0 Å². The van der Waals surface area contributed by atoms with E-state index in [9.17, 15) is 9.59 Å². The van der Waals surface area contributed by atoms with Gasteiger partial charge in [-0.2, -0.15) is 0 Å². The molecule has 1 saturated carbocycles. The summed E-state index contributed by atoms with van der Waals surface area (Å²) in [5.74, 6) is -0.393. The SMILES string of the molecule is CON(C)C(=O)C1CCCC(C(=O)N(C)OC)C1. The fraction of sp³-hybridized carbons (Fsp3) is 0.833. The van der Waals surface area contributed by atoms with Crippen LogP contribution in [0.15, 0.2) is 0 Å². The molecule has 104 valence electrons. The summed E-state index contributed by atoms with van der Waals surface area (Å²) in [7, 11) is 6.11. The molecule has 6 nitrogen and oxygen atoms in total. The highest BCUT2D eigenvalue weighted by atomic mass is 16.7. The third-order valence-electron chi connectivity index (χ3n) is 3.54. The molecule has 0 aromatic carbocycles. The first-order valence-electron chi connectivity index (χ1n) is 6.14. The molecule has 2 amide bonds. The van der Waals surface area contributed by atoms with Crippen molar-refractivity contribution in [3.63, 3.8) is 0 Å². The van der Waals surface area contributed by atoms with Crippen molar-refractivity contribution >= 4 is 11.8 Å². The zero-order chi connectivity index (χ0) is 13.7. The number of rotatable bonds is 4. The Kier molecular flexibility index (Phi) is 5.55. The van der Waals surface area contributed by atoms with Crippen molar-refractivity contribution in [2.24, 2.45) is 11.8 Å². The van der Waals surface area contributed by atoms with Crippen LogP contribution in [0.5, 0.6) is 0 Å². The van der Waals surface area contributed by atoms with Crippen molar-refractivity contribution in [2.75, 3.05) is 28.3 Å². The minimum absolute atomic E-state index is 0.0601. The molecule has 2 unspecified atom stereocenters. The van der Waals surface area contributed by atoms with E-state index in [-0.39, 0.29) is 23.7 Å². The number of hydroxylamine groups is 4. The molecule has 1 aliphatic carbocycles. The molecule has 0 heterocycles. The standard InChI is InChI=1S/C12H22N2O4/c1-13(17-3)11(15)9-6-5-7-10(8-9)12(16)14(2)18-4/h9-10H,5-8H2,1-4H3. The number of carbonyl (C=O) groups excluding carboxylic acids is 2. The maximum absolute atomic E-state index is 12.0. The molecule has 0 aromatic heterocycles. The summed E-state index contributed by atoms with van der Waals surface area (Å²) in [6, 6.07) is 0. The molecule has 0 bridgehead atoms. The third kappa shape index (κ3) is 3.43. The van der Waals surface area contributed by atoms with Gasteiger partial charge < -0.3 is 0 Å². The van der Waals surface area contributed by atoms with Gasteiger partial charge in [0.2, 0.25) is 11.8 Å². The lowest BCUT2D eigenvalue weighted by atomic mass is 9.80. The normalized spacial score (nSPS) is 23.6. The van der Waals surface area contributed by atoms with Crippen LogP contribution in [0.25, 0.3) is 0 Å². The van der Waals surface area contributed by atoms with Crippen LogP contribution in [-0.4, -0.2) is 50.3 Å². The van der Waals surface area contributed by atoms with E-state index in [1.165, 1.54) is 24.3 Å². The summed E-state index contributed by atoms with van der Waals surface area (Å²) in [6.07, 6.45) is 3.07. The Balaban J connectivity index is 2.61. The van der Waals surface area contributed by atoms with Gasteiger partial charge in [0.25, 0.3) is 0 Å². The maximum Gasteiger partial charge on any atom is 0.248 e. The van der Waals surface area contributed by atoms with E-state index in [2.05, 4.69) is 0 Å². The molecule has 0 radical (unpaired) electrons. The van der Waals surface area contributed by atoms with E-state index in [1.807, 2.05) is 0 Å². The molecule has 0 spiro atoms. The molecule has 0 aliphatic heterocycles. The zero-order valence-electron chi connectivity index (χ0n) is 11.5. The second-order valence-electron chi connectivity index (χ2n) is 4.60.